The molecule has 3 N–H and O–H groups in total. The Kier molecular flexibility index (Phi) is 6.22. The van der Waals surface area contributed by atoms with Gasteiger partial charge in [0.15, 0.2) is 5.82 Å². The van der Waals surface area contributed by atoms with Crippen LogP contribution in [0.15, 0.2) is 41.6 Å². The van der Waals surface area contributed by atoms with Gasteiger partial charge >= 0.3 is 0 Å². The van der Waals surface area contributed by atoms with Crippen LogP contribution in [0, 0.1) is 26.6 Å². The van der Waals surface area contributed by atoms with Crippen molar-refractivity contribution in [3.8, 4) is 0 Å². The number of nitrogens with one attached hydrogen (secondary N) is 1. The second-order valence-corrected chi connectivity index (χ2v) is 8.37. The number of aryl methyl sites for hydroxylation is 3. The lowest BCUT2D eigenvalue weighted by Crippen LogP contribution is -2.24. The fourth-order valence-electron chi connectivity index (χ4n) is 3.13. The van der Waals surface area contributed by atoms with Crippen LogP contribution in [0.2, 0.25) is 0 Å². The number of hydrogen-bond acceptors (Lipinski definition) is 5. The maximum Gasteiger partial charge on any atom is 0.237 e. The van der Waals surface area contributed by atoms with E-state index >= 15 is 0 Å². The SMILES string of the molecule is Cc1cc(C)c(NC(=O)[C@H](C)Sc2nnc(Cc3ccccc3F)n2N)c(C)c1. The summed E-state index contributed by atoms with van der Waals surface area (Å²) in [5.41, 5.74) is 4.49. The first-order valence-electron chi connectivity index (χ1n) is 9.24. The molecular weight excluding hydrogens is 389 g/mol. The van der Waals surface area contributed by atoms with Crippen LogP contribution in [-0.2, 0) is 11.2 Å². The van der Waals surface area contributed by atoms with Gasteiger partial charge in [-0.25, -0.2) is 9.07 Å². The standard InChI is InChI=1S/C21H24FN5OS/c1-12-9-13(2)19(14(3)10-12)24-20(28)15(4)29-21-26-25-18(27(21)23)11-16-7-5-6-8-17(16)22/h5-10,15H,11,23H2,1-4H3,(H,24,28)/t15-/m0/s1. The summed E-state index contributed by atoms with van der Waals surface area (Å²) in [6, 6.07) is 10.5. The first kappa shape index (κ1) is 20.9. The van der Waals surface area contributed by atoms with Crippen molar-refractivity contribution in [2.24, 2.45) is 0 Å². The van der Waals surface area contributed by atoms with Crippen LogP contribution >= 0.6 is 11.8 Å². The lowest BCUT2D eigenvalue weighted by Gasteiger charge is -2.16. The highest BCUT2D eigenvalue weighted by Gasteiger charge is 2.21. The molecule has 1 atom stereocenters. The molecule has 8 heteroatoms. The fourth-order valence-corrected chi connectivity index (χ4v) is 3.92. The number of aromatic nitrogens is 3. The molecule has 0 radical (unpaired) electrons. The molecule has 0 saturated carbocycles. The Morgan fingerprint density at radius 1 is 1.21 bits per heavy atom. The third-order valence-electron chi connectivity index (χ3n) is 4.62. The van der Waals surface area contributed by atoms with Crippen molar-refractivity contribution in [2.75, 3.05) is 11.2 Å². The van der Waals surface area contributed by atoms with E-state index in [1.54, 1.807) is 25.1 Å². The summed E-state index contributed by atoms with van der Waals surface area (Å²) in [7, 11) is 0. The van der Waals surface area contributed by atoms with Gasteiger partial charge in [0.2, 0.25) is 11.1 Å². The van der Waals surface area contributed by atoms with Gasteiger partial charge in [0.1, 0.15) is 5.82 Å². The molecule has 1 amide bonds. The lowest BCUT2D eigenvalue weighted by atomic mass is 10.1. The molecule has 1 aromatic heterocycles. The second-order valence-electron chi connectivity index (χ2n) is 7.06. The number of hydrogen-bond donors (Lipinski definition) is 2. The van der Waals surface area contributed by atoms with E-state index in [9.17, 15) is 9.18 Å². The quantitative estimate of drug-likeness (QED) is 0.475. The summed E-state index contributed by atoms with van der Waals surface area (Å²) in [6.07, 6.45) is 0.221. The number of thioether (sulfide) groups is 1. The lowest BCUT2D eigenvalue weighted by molar-refractivity contribution is -0.115. The van der Waals surface area contributed by atoms with Crippen molar-refractivity contribution < 1.29 is 9.18 Å². The monoisotopic (exact) mass is 413 g/mol. The minimum atomic E-state index is -0.442. The molecule has 3 rings (SSSR count). The molecule has 0 aliphatic heterocycles. The van der Waals surface area contributed by atoms with Gasteiger partial charge in [-0.3, -0.25) is 4.79 Å². The predicted octanol–water partition coefficient (Wildman–Crippen LogP) is 3.77. The number of halogens is 1. The van der Waals surface area contributed by atoms with Gasteiger partial charge in [-0.2, -0.15) is 0 Å². The van der Waals surface area contributed by atoms with Crippen molar-refractivity contribution in [3.63, 3.8) is 0 Å². The average molecular weight is 414 g/mol. The number of benzene rings is 2. The molecule has 3 aromatic rings. The number of rotatable bonds is 6. The molecule has 29 heavy (non-hydrogen) atoms. The fraction of sp³-hybridized carbons (Fsp3) is 0.286. The van der Waals surface area contributed by atoms with Gasteiger partial charge in [-0.1, -0.05) is 47.7 Å². The second kappa shape index (κ2) is 8.65. The van der Waals surface area contributed by atoms with Crippen molar-refractivity contribution in [1.82, 2.24) is 14.9 Å². The highest BCUT2D eigenvalue weighted by molar-refractivity contribution is 8.00. The van der Waals surface area contributed by atoms with Crippen LogP contribution in [0.4, 0.5) is 10.1 Å². The van der Waals surface area contributed by atoms with Gasteiger partial charge in [0, 0.05) is 12.1 Å². The Bertz CT molecular complexity index is 1030. The summed E-state index contributed by atoms with van der Waals surface area (Å²) >= 11 is 1.21. The smallest absolute Gasteiger partial charge is 0.237 e. The zero-order valence-electron chi connectivity index (χ0n) is 16.9. The van der Waals surface area contributed by atoms with Gasteiger partial charge in [-0.05, 0) is 50.5 Å². The highest BCUT2D eigenvalue weighted by atomic mass is 32.2. The summed E-state index contributed by atoms with van der Waals surface area (Å²) in [4.78, 5) is 12.7. The van der Waals surface area contributed by atoms with Crippen molar-refractivity contribution in [1.29, 1.82) is 0 Å². The number of amides is 1. The minimum absolute atomic E-state index is 0.149. The van der Waals surface area contributed by atoms with Gasteiger partial charge in [0.05, 0.1) is 5.25 Å². The van der Waals surface area contributed by atoms with Crippen LogP contribution in [0.5, 0.6) is 0 Å². The van der Waals surface area contributed by atoms with Crippen molar-refractivity contribution >= 4 is 23.4 Å². The molecule has 6 nitrogen and oxygen atoms in total. The molecule has 0 bridgehead atoms. The average Bonchev–Trinajstić information content (AvgIpc) is 2.99. The van der Waals surface area contributed by atoms with E-state index in [0.29, 0.717) is 16.5 Å². The normalized spacial score (nSPS) is 12.0. The molecular formula is C21H24FN5OS. The molecule has 2 aromatic carbocycles. The number of anilines is 1. The molecule has 0 spiro atoms. The summed E-state index contributed by atoms with van der Waals surface area (Å²) in [5, 5.41) is 11.1. The van der Waals surface area contributed by atoms with E-state index in [-0.39, 0.29) is 18.1 Å². The number of nitrogens with zero attached hydrogens (tertiary/aromatic N) is 3. The Balaban J connectivity index is 1.69. The number of nitrogens with two attached hydrogens (primary N) is 1. The van der Waals surface area contributed by atoms with E-state index < -0.39 is 5.25 Å². The topological polar surface area (TPSA) is 85.8 Å². The van der Waals surface area contributed by atoms with Gasteiger partial charge in [0.25, 0.3) is 0 Å². The summed E-state index contributed by atoms with van der Waals surface area (Å²) in [6.45, 7) is 7.75. The van der Waals surface area contributed by atoms with E-state index in [0.717, 1.165) is 22.4 Å². The minimum Gasteiger partial charge on any atom is -0.336 e. The Hall–Kier alpha value is -2.87. The molecule has 1 heterocycles. The van der Waals surface area contributed by atoms with Crippen LogP contribution in [-0.4, -0.2) is 26.0 Å². The first-order valence-corrected chi connectivity index (χ1v) is 10.1. The molecule has 0 saturated heterocycles. The maximum absolute atomic E-state index is 13.9. The molecule has 152 valence electrons. The maximum atomic E-state index is 13.9. The largest absolute Gasteiger partial charge is 0.336 e. The summed E-state index contributed by atoms with van der Waals surface area (Å²) in [5.74, 6) is 6.04. The Labute approximate surface area is 173 Å². The molecule has 0 fully saturated rings. The zero-order valence-corrected chi connectivity index (χ0v) is 17.7. The molecule has 0 aliphatic carbocycles. The highest BCUT2D eigenvalue weighted by Crippen LogP contribution is 2.26. The van der Waals surface area contributed by atoms with Crippen LogP contribution < -0.4 is 11.2 Å². The number of carbonyl (C=O) groups is 1. The van der Waals surface area contributed by atoms with Crippen LogP contribution in [0.3, 0.4) is 0 Å². The molecule has 0 aliphatic rings. The zero-order chi connectivity index (χ0) is 21.1. The van der Waals surface area contributed by atoms with E-state index in [1.165, 1.54) is 22.5 Å². The van der Waals surface area contributed by atoms with Crippen LogP contribution in [0.25, 0.3) is 0 Å². The molecule has 0 unspecified atom stereocenters. The van der Waals surface area contributed by atoms with E-state index in [1.807, 2.05) is 32.9 Å². The van der Waals surface area contributed by atoms with E-state index in [4.69, 9.17) is 5.84 Å². The van der Waals surface area contributed by atoms with Crippen molar-refractivity contribution in [3.05, 3.63) is 70.3 Å². The summed E-state index contributed by atoms with van der Waals surface area (Å²) < 4.78 is 15.2. The van der Waals surface area contributed by atoms with Gasteiger partial charge < -0.3 is 11.2 Å². The Morgan fingerprint density at radius 2 is 1.86 bits per heavy atom. The third kappa shape index (κ3) is 4.76. The number of carbonyl (C=O) groups excluding carboxylic acids is 1. The number of nitrogen functional groups attached to an aromatic ring is 1. The third-order valence-corrected chi connectivity index (χ3v) is 5.67. The predicted molar refractivity (Wildman–Crippen MR) is 114 cm³/mol. The first-order chi connectivity index (χ1) is 13.8. The Morgan fingerprint density at radius 3 is 2.52 bits per heavy atom. The van der Waals surface area contributed by atoms with Gasteiger partial charge in [-0.15, -0.1) is 10.2 Å². The van der Waals surface area contributed by atoms with Crippen molar-refractivity contribution in [2.45, 2.75) is 44.5 Å². The van der Waals surface area contributed by atoms with E-state index in [2.05, 4.69) is 15.5 Å². The van der Waals surface area contributed by atoms with Crippen LogP contribution in [0.1, 0.15) is 35.0 Å².